The fourth-order valence-corrected chi connectivity index (χ4v) is 13.9. The summed E-state index contributed by atoms with van der Waals surface area (Å²) in [5.41, 5.74) is 0. The van der Waals surface area contributed by atoms with Crippen molar-refractivity contribution in [1.29, 1.82) is 0 Å². The molecule has 19 nitrogen and oxygen atoms in total. The van der Waals surface area contributed by atoms with E-state index in [9.17, 15) is 61.0 Å². The summed E-state index contributed by atoms with van der Waals surface area (Å²) in [7, 11) is 0. The maximum absolute atomic E-state index is 13.5. The van der Waals surface area contributed by atoms with Crippen molar-refractivity contribution in [2.45, 2.75) is 439 Å². The second-order valence-electron chi connectivity index (χ2n) is 29.2. The first-order chi connectivity index (χ1) is 48.3. The van der Waals surface area contributed by atoms with E-state index in [4.69, 9.17) is 28.4 Å². The number of allylic oxidation sites excluding steroid dienone is 5. The fraction of sp³-hybridized carbons (Fsp3) is 0.912. The maximum Gasteiger partial charge on any atom is 0.220 e. The van der Waals surface area contributed by atoms with E-state index in [1.54, 1.807) is 6.08 Å². The smallest absolute Gasteiger partial charge is 0.220 e. The molecule has 0 aliphatic carbocycles. The monoisotopic (exact) mass is 1410 g/mol. The zero-order chi connectivity index (χ0) is 71.8. The van der Waals surface area contributed by atoms with E-state index in [0.717, 1.165) is 51.4 Å². The van der Waals surface area contributed by atoms with E-state index in [1.807, 2.05) is 6.08 Å². The lowest BCUT2D eigenvalue weighted by atomic mass is 9.96. The van der Waals surface area contributed by atoms with Crippen molar-refractivity contribution in [1.82, 2.24) is 5.32 Å². The van der Waals surface area contributed by atoms with Crippen molar-refractivity contribution in [3.8, 4) is 0 Å². The molecule has 0 radical (unpaired) electrons. The van der Waals surface area contributed by atoms with Gasteiger partial charge in [-0.3, -0.25) is 4.79 Å². The first-order valence-corrected chi connectivity index (χ1v) is 40.7. The average molecular weight is 1410 g/mol. The van der Waals surface area contributed by atoms with Crippen LogP contribution in [0.15, 0.2) is 36.5 Å². The Morgan fingerprint density at radius 2 is 0.667 bits per heavy atom. The largest absolute Gasteiger partial charge is 0.394 e. The Bertz CT molecular complexity index is 1930. The van der Waals surface area contributed by atoms with Gasteiger partial charge in [0, 0.05) is 6.42 Å². The molecule has 3 heterocycles. The molecule has 12 N–H and O–H groups in total. The van der Waals surface area contributed by atoms with Crippen LogP contribution in [0.5, 0.6) is 0 Å². The van der Waals surface area contributed by atoms with Gasteiger partial charge in [-0.25, -0.2) is 0 Å². The molecule has 0 saturated carbocycles. The molecule has 3 saturated heterocycles. The van der Waals surface area contributed by atoms with E-state index in [2.05, 4.69) is 43.5 Å². The van der Waals surface area contributed by atoms with E-state index in [1.165, 1.54) is 257 Å². The van der Waals surface area contributed by atoms with Crippen LogP contribution < -0.4 is 5.32 Å². The van der Waals surface area contributed by atoms with Crippen molar-refractivity contribution in [3.63, 3.8) is 0 Å². The highest BCUT2D eigenvalue weighted by Gasteiger charge is 2.54. The molecule has 19 heteroatoms. The van der Waals surface area contributed by atoms with Crippen molar-refractivity contribution >= 4 is 5.91 Å². The van der Waals surface area contributed by atoms with Crippen LogP contribution in [0.25, 0.3) is 0 Å². The van der Waals surface area contributed by atoms with Gasteiger partial charge in [0.1, 0.15) is 73.2 Å². The Balaban J connectivity index is 1.38. The third kappa shape index (κ3) is 41.5. The second kappa shape index (κ2) is 61.2. The molecule has 582 valence electrons. The van der Waals surface area contributed by atoms with Crippen LogP contribution in [0.2, 0.25) is 0 Å². The Kier molecular flexibility index (Phi) is 56.4. The highest BCUT2D eigenvalue weighted by Crippen LogP contribution is 2.33. The number of nitrogens with one attached hydrogen (secondary N) is 1. The number of amides is 1. The molecule has 0 aromatic carbocycles. The topological polar surface area (TPSA) is 307 Å². The summed E-state index contributed by atoms with van der Waals surface area (Å²) < 4.78 is 34.5. The summed E-state index contributed by atoms with van der Waals surface area (Å²) in [4.78, 5) is 13.5. The van der Waals surface area contributed by atoms with Gasteiger partial charge >= 0.3 is 0 Å². The van der Waals surface area contributed by atoms with Gasteiger partial charge in [0.25, 0.3) is 0 Å². The highest BCUT2D eigenvalue weighted by atomic mass is 16.8. The molecule has 0 spiro atoms. The lowest BCUT2D eigenvalue weighted by molar-refractivity contribution is -0.379. The first kappa shape index (κ1) is 91.2. The van der Waals surface area contributed by atoms with Gasteiger partial charge in [0.05, 0.1) is 38.6 Å². The van der Waals surface area contributed by atoms with Crippen molar-refractivity contribution in [3.05, 3.63) is 36.5 Å². The fourth-order valence-electron chi connectivity index (χ4n) is 13.9. The molecule has 3 fully saturated rings. The maximum atomic E-state index is 13.5. The van der Waals surface area contributed by atoms with Crippen molar-refractivity contribution in [2.24, 2.45) is 0 Å². The number of carbonyl (C=O) groups is 1. The van der Waals surface area contributed by atoms with E-state index in [-0.39, 0.29) is 18.9 Å². The molecule has 17 unspecified atom stereocenters. The van der Waals surface area contributed by atoms with E-state index in [0.29, 0.717) is 6.42 Å². The van der Waals surface area contributed by atoms with Crippen LogP contribution in [0.3, 0.4) is 0 Å². The number of ether oxygens (including phenoxy) is 6. The van der Waals surface area contributed by atoms with Crippen LogP contribution in [0.4, 0.5) is 0 Å². The van der Waals surface area contributed by atoms with Crippen LogP contribution in [-0.4, -0.2) is 193 Å². The second-order valence-corrected chi connectivity index (χ2v) is 29.2. The first-order valence-electron chi connectivity index (χ1n) is 40.7. The van der Waals surface area contributed by atoms with E-state index >= 15 is 0 Å². The number of unbranched alkanes of at least 4 members (excludes halogenated alkanes) is 45. The molecule has 0 aromatic heterocycles. The summed E-state index contributed by atoms with van der Waals surface area (Å²) in [5, 5.41) is 121. The van der Waals surface area contributed by atoms with Gasteiger partial charge in [0.15, 0.2) is 18.9 Å². The molecular weight excluding hydrogens is 1260 g/mol. The summed E-state index contributed by atoms with van der Waals surface area (Å²) in [6, 6.07) is -0.974. The summed E-state index contributed by atoms with van der Waals surface area (Å²) >= 11 is 0. The van der Waals surface area contributed by atoms with Crippen molar-refractivity contribution in [2.75, 3.05) is 26.4 Å². The predicted octanol–water partition coefficient (Wildman–Crippen LogP) is 13.5. The molecule has 0 bridgehead atoms. The van der Waals surface area contributed by atoms with Crippen LogP contribution in [-0.2, 0) is 33.2 Å². The van der Waals surface area contributed by atoms with Crippen LogP contribution in [0, 0.1) is 0 Å². The zero-order valence-corrected chi connectivity index (χ0v) is 62.2. The molecule has 3 rings (SSSR count). The molecule has 99 heavy (non-hydrogen) atoms. The average Bonchev–Trinajstić information content (AvgIpc) is 0.784. The lowest BCUT2D eigenvalue weighted by Crippen LogP contribution is -2.66. The Hall–Kier alpha value is -1.99. The van der Waals surface area contributed by atoms with Gasteiger partial charge in [-0.2, -0.15) is 0 Å². The third-order valence-electron chi connectivity index (χ3n) is 20.4. The zero-order valence-electron chi connectivity index (χ0n) is 62.2. The van der Waals surface area contributed by atoms with Gasteiger partial charge in [-0.05, 0) is 51.4 Å². The van der Waals surface area contributed by atoms with Gasteiger partial charge in [-0.1, -0.05) is 314 Å². The predicted molar refractivity (Wildman–Crippen MR) is 393 cm³/mol. The van der Waals surface area contributed by atoms with E-state index < -0.39 is 124 Å². The number of aliphatic hydroxyl groups excluding tert-OH is 11. The van der Waals surface area contributed by atoms with Crippen LogP contribution in [0.1, 0.15) is 335 Å². The standard InChI is InChI=1S/C80H149NO18/c1-3-5-7-9-11-13-15-17-19-21-23-25-27-29-31-33-35-37-39-41-43-45-47-49-51-53-55-57-64(85)63(81-68(86)58-56-54-52-50-48-46-44-42-40-38-36-34-32-30-28-26-24-22-20-18-16-14-12-10-8-6-4-2)62-94-78-74(92)71(89)76(66(60-83)96-78)99-80-75(93)72(90)77(67(61-84)97-80)98-79-73(91)70(88)69(87)65(59-82)95-79/h16,18,22,24,55,57,63-67,69-80,82-85,87-93H,3-15,17,19-21,23,25-54,56,58-62H2,1-2H3,(H,81,86)/b18-16-,24-22-,57-55+. The van der Waals surface area contributed by atoms with Crippen LogP contribution >= 0.6 is 0 Å². The molecule has 17 atom stereocenters. The Labute approximate surface area is 600 Å². The lowest BCUT2D eigenvalue weighted by Gasteiger charge is -2.48. The minimum Gasteiger partial charge on any atom is -0.394 e. The molecule has 3 aliphatic heterocycles. The van der Waals surface area contributed by atoms with Gasteiger partial charge in [-0.15, -0.1) is 0 Å². The number of hydrogen-bond acceptors (Lipinski definition) is 18. The van der Waals surface area contributed by atoms with Gasteiger partial charge in [0.2, 0.25) is 5.91 Å². The minimum absolute atomic E-state index is 0.245. The quantitative estimate of drug-likeness (QED) is 0.0199. The summed E-state index contributed by atoms with van der Waals surface area (Å²) in [6.07, 6.45) is 48.4. The number of rotatable bonds is 65. The SMILES string of the molecule is CCCCCCC/C=C\C/C=C\CCCCCCCCCCCCCCCCCC(=O)NC(COC1OC(CO)C(OC2OC(CO)C(OC3OC(CO)C(O)C(O)C3O)C(O)C2O)C(O)C1O)C(O)/C=C/CCCCCCCCCCCCCCCCCCCCCCCCCCC. The molecular formula is C80H149NO18. The third-order valence-corrected chi connectivity index (χ3v) is 20.4. The van der Waals surface area contributed by atoms with Crippen molar-refractivity contribution < 1.29 is 89.4 Å². The molecule has 0 aromatic rings. The minimum atomic E-state index is -1.98. The number of carbonyl (C=O) groups excluding carboxylic acids is 1. The Morgan fingerprint density at radius 1 is 0.364 bits per heavy atom. The normalized spacial score (nSPS) is 26.7. The highest BCUT2D eigenvalue weighted by molar-refractivity contribution is 5.76. The number of hydrogen-bond donors (Lipinski definition) is 12. The number of aliphatic hydroxyl groups is 11. The molecule has 1 amide bonds. The summed E-state index contributed by atoms with van der Waals surface area (Å²) in [5.74, 6) is -0.270. The Morgan fingerprint density at radius 3 is 1.03 bits per heavy atom. The van der Waals surface area contributed by atoms with Gasteiger partial charge < -0.3 is 89.9 Å². The summed E-state index contributed by atoms with van der Waals surface area (Å²) in [6.45, 7) is 1.78. The molecule has 3 aliphatic rings.